The van der Waals surface area contributed by atoms with Crippen LogP contribution in [0, 0.1) is 108 Å². The molecule has 4 aliphatic heterocycles. The van der Waals surface area contributed by atoms with Crippen LogP contribution in [0.25, 0.3) is 0 Å². The standard InChI is InChI=1S/C11H22.C10H21N.C10H20.C9H18O.C9H18.C8H16O.C8H16.C7H14O.C7H14/c1-9-5-7-10(8-6-9)11(2,3)4;1-10(2,3)9-5-7-11(4)8-6-9;1-10(2,3)9-7-5-4-6-8-9;1-9(2,3)8-4-6-10-7-5-8;1-9(2,3)8-6-4-5-7-8;1-8(2,3)7-4-5-9-6-7;1-8(2,3)7-5-4-6-7;1-7(2,3)6-4-8-5-6;1-7(2,3)6-4-5-6/h9-10H,5-8H2,1-4H3;9H,5-8H2,1-4H3;9H,4-8H2,1-3H3;8H,4-7H2,1-3H3;8H,4-7H2,1-3H3;7H,4-6H2,1-3H3;7H,4-6H2,1-3H3;6H,4-5H2,1-3H3;6H,4-5H2,1-3H3. The van der Waals surface area contributed by atoms with Crippen LogP contribution in [-0.4, -0.2) is 64.7 Å². The minimum absolute atomic E-state index is 0.455. The van der Waals surface area contributed by atoms with Gasteiger partial charge in [0.05, 0.1) is 13.2 Å². The van der Waals surface area contributed by atoms with Crippen molar-refractivity contribution in [3.8, 4) is 0 Å². The largest absolute Gasteiger partial charge is 0.381 e. The SMILES string of the molecule is CC(C)(C)C1CC1.CC(C)(C)C1CCC1.CC(C)(C)C1CCCC1.CC(C)(C)C1CCCCC1.CC(C)(C)C1CCOC1.CC(C)(C)C1CCOCC1.CC(C)(C)C1COC1.CC1CCC(C(C)(C)C)CC1.CN1CCC(C(C)(C)C)CC1. The summed E-state index contributed by atoms with van der Waals surface area (Å²) in [5.41, 5.74) is 4.86. The minimum atomic E-state index is 0.455. The molecule has 4 heterocycles. The van der Waals surface area contributed by atoms with E-state index in [2.05, 4.69) is 206 Å². The van der Waals surface area contributed by atoms with Crippen molar-refractivity contribution in [2.75, 3.05) is 59.8 Å². The molecular weight excluding hydrogens is 1010 g/mol. The van der Waals surface area contributed by atoms with Gasteiger partial charge in [0.1, 0.15) is 0 Å². The van der Waals surface area contributed by atoms with Crippen LogP contribution in [0.2, 0.25) is 0 Å². The third-order valence-electron chi connectivity index (χ3n) is 22.2. The van der Waals surface area contributed by atoms with E-state index in [0.29, 0.717) is 48.7 Å². The first-order chi connectivity index (χ1) is 37.7. The van der Waals surface area contributed by atoms with Crippen molar-refractivity contribution in [1.29, 1.82) is 0 Å². The van der Waals surface area contributed by atoms with Crippen LogP contribution in [0.5, 0.6) is 0 Å². The van der Waals surface area contributed by atoms with Crippen molar-refractivity contribution in [2.45, 2.75) is 342 Å². The predicted octanol–water partition coefficient (Wildman–Crippen LogP) is 24.6. The lowest BCUT2D eigenvalue weighted by molar-refractivity contribution is -0.0821. The van der Waals surface area contributed by atoms with Crippen molar-refractivity contribution in [2.24, 2.45) is 108 Å². The Morgan fingerprint density at radius 1 is 0.229 bits per heavy atom. The van der Waals surface area contributed by atoms with E-state index in [9.17, 15) is 0 Å². The molecule has 0 N–H and O–H groups in total. The van der Waals surface area contributed by atoms with Crippen LogP contribution in [0.3, 0.4) is 0 Å². The van der Waals surface area contributed by atoms with E-state index in [4.69, 9.17) is 14.2 Å². The topological polar surface area (TPSA) is 30.9 Å². The van der Waals surface area contributed by atoms with E-state index in [1.165, 1.54) is 161 Å². The van der Waals surface area contributed by atoms with Gasteiger partial charge >= 0.3 is 0 Å². The van der Waals surface area contributed by atoms with Crippen LogP contribution < -0.4 is 0 Å². The molecule has 9 aliphatic rings. The van der Waals surface area contributed by atoms with Crippen LogP contribution in [0.1, 0.15) is 342 Å². The second-order valence-electron chi connectivity index (χ2n) is 38.7. The summed E-state index contributed by atoms with van der Waals surface area (Å²) in [6.45, 7) is 73.9. The number of rotatable bonds is 0. The molecule has 1 atom stereocenters. The Morgan fingerprint density at radius 2 is 0.470 bits per heavy atom. The average molecular weight is 1170 g/mol. The van der Waals surface area contributed by atoms with Gasteiger partial charge in [0.25, 0.3) is 0 Å². The lowest BCUT2D eigenvalue weighted by Crippen LogP contribution is -2.37. The fraction of sp³-hybridized carbons (Fsp3) is 1.00. The summed E-state index contributed by atoms with van der Waals surface area (Å²) in [5, 5.41) is 0. The van der Waals surface area contributed by atoms with E-state index < -0.39 is 0 Å². The minimum Gasteiger partial charge on any atom is -0.381 e. The Hall–Kier alpha value is -0.160. The van der Waals surface area contributed by atoms with E-state index in [1.807, 2.05) is 0 Å². The summed E-state index contributed by atoms with van der Waals surface area (Å²) in [6, 6.07) is 0. The monoisotopic (exact) mass is 1170 g/mol. The molecule has 4 nitrogen and oxygen atoms in total. The molecule has 5 saturated carbocycles. The van der Waals surface area contributed by atoms with Gasteiger partial charge in [-0.1, -0.05) is 245 Å². The second-order valence-corrected chi connectivity index (χ2v) is 38.7. The maximum absolute atomic E-state index is 5.29. The van der Waals surface area contributed by atoms with Gasteiger partial charge in [-0.3, -0.25) is 0 Å². The zero-order valence-electron chi connectivity index (χ0n) is 62.9. The summed E-state index contributed by atoms with van der Waals surface area (Å²) in [5.74, 6) is 9.49. The smallest absolute Gasteiger partial charge is 0.0521 e. The van der Waals surface area contributed by atoms with Gasteiger partial charge < -0.3 is 19.1 Å². The van der Waals surface area contributed by atoms with E-state index in [-0.39, 0.29) is 0 Å². The first-order valence-corrected chi connectivity index (χ1v) is 36.2. The van der Waals surface area contributed by atoms with Crippen molar-refractivity contribution < 1.29 is 14.2 Å². The first-order valence-electron chi connectivity index (χ1n) is 36.2. The molecule has 83 heavy (non-hydrogen) atoms. The van der Waals surface area contributed by atoms with E-state index in [0.717, 1.165) is 98.8 Å². The van der Waals surface area contributed by atoms with Crippen molar-refractivity contribution in [1.82, 2.24) is 4.90 Å². The molecule has 0 aromatic heterocycles. The highest BCUT2D eigenvalue weighted by atomic mass is 16.5. The third kappa shape index (κ3) is 36.9. The molecule has 4 heteroatoms. The van der Waals surface area contributed by atoms with Crippen molar-refractivity contribution in [3.05, 3.63) is 0 Å². The number of hydrogen-bond acceptors (Lipinski definition) is 4. The molecule has 0 spiro atoms. The highest BCUT2D eigenvalue weighted by Crippen LogP contribution is 2.45. The number of piperidine rings is 1. The molecule has 0 radical (unpaired) electrons. The summed E-state index contributed by atoms with van der Waals surface area (Å²) in [4.78, 5) is 2.43. The van der Waals surface area contributed by atoms with Gasteiger partial charge in [0.15, 0.2) is 0 Å². The lowest BCUT2D eigenvalue weighted by atomic mass is 9.69. The molecule has 1 unspecified atom stereocenters. The molecule has 9 rings (SSSR count). The second kappa shape index (κ2) is 36.6. The molecule has 0 bridgehead atoms. The Morgan fingerprint density at radius 3 is 0.675 bits per heavy atom. The third-order valence-corrected chi connectivity index (χ3v) is 22.2. The fourth-order valence-electron chi connectivity index (χ4n) is 13.5. The zero-order valence-corrected chi connectivity index (χ0v) is 62.9. The van der Waals surface area contributed by atoms with Crippen LogP contribution in [0.4, 0.5) is 0 Å². The van der Waals surface area contributed by atoms with Gasteiger partial charge in [-0.25, -0.2) is 0 Å². The number of hydrogen-bond donors (Lipinski definition) is 0. The van der Waals surface area contributed by atoms with Gasteiger partial charge in [0.2, 0.25) is 0 Å². The average Bonchev–Trinajstić information content (AvgIpc) is 3.73. The molecule has 0 aromatic carbocycles. The molecule has 9 fully saturated rings. The maximum atomic E-state index is 5.29. The normalized spacial score (nSPS) is 25.2. The van der Waals surface area contributed by atoms with Crippen LogP contribution in [0.15, 0.2) is 0 Å². The Bertz CT molecular complexity index is 1450. The van der Waals surface area contributed by atoms with Crippen LogP contribution >= 0.6 is 0 Å². The van der Waals surface area contributed by atoms with Crippen LogP contribution in [-0.2, 0) is 14.2 Å². The van der Waals surface area contributed by atoms with E-state index in [1.54, 1.807) is 0 Å². The molecule has 498 valence electrons. The Balaban J connectivity index is 0.000000468. The van der Waals surface area contributed by atoms with Gasteiger partial charge in [0, 0.05) is 32.3 Å². The zero-order chi connectivity index (χ0) is 63.9. The first kappa shape index (κ1) is 80.9. The molecular formula is C79H159NO3. The van der Waals surface area contributed by atoms with E-state index >= 15 is 0 Å². The van der Waals surface area contributed by atoms with Crippen molar-refractivity contribution in [3.63, 3.8) is 0 Å². The summed E-state index contributed by atoms with van der Waals surface area (Å²) in [6.07, 6.45) is 33.0. The number of nitrogens with zero attached hydrogens (tertiary/aromatic N) is 1. The molecule has 5 aliphatic carbocycles. The highest BCUT2D eigenvalue weighted by molar-refractivity contribution is 4.86. The lowest BCUT2D eigenvalue weighted by Gasteiger charge is -2.37. The molecule has 0 aromatic rings. The number of ether oxygens (including phenoxy) is 3. The summed E-state index contributed by atoms with van der Waals surface area (Å²) >= 11 is 0. The summed E-state index contributed by atoms with van der Waals surface area (Å²) in [7, 11) is 2.22. The van der Waals surface area contributed by atoms with Gasteiger partial charge in [-0.15, -0.1) is 0 Å². The van der Waals surface area contributed by atoms with Crippen molar-refractivity contribution >= 4 is 0 Å². The Labute approximate surface area is 525 Å². The maximum Gasteiger partial charge on any atom is 0.0521 e. The quantitative estimate of drug-likeness (QED) is 0.242. The summed E-state index contributed by atoms with van der Waals surface area (Å²) < 4.78 is 15.6. The van der Waals surface area contributed by atoms with Gasteiger partial charge in [-0.2, -0.15) is 0 Å². The predicted molar refractivity (Wildman–Crippen MR) is 372 cm³/mol. The highest BCUT2D eigenvalue weighted by Gasteiger charge is 2.35. The number of likely N-dealkylation sites (tertiary alicyclic amines) is 1. The Kier molecular flexibility index (Phi) is 35.7. The fourth-order valence-corrected chi connectivity index (χ4v) is 13.5. The molecule has 4 saturated heterocycles. The van der Waals surface area contributed by atoms with Gasteiger partial charge in [-0.05, 0) is 218 Å². The molecule has 0 amide bonds.